The molecular formula is C33H68. The van der Waals surface area contributed by atoms with Crippen LogP contribution in [0.2, 0.25) is 0 Å². The van der Waals surface area contributed by atoms with Crippen LogP contribution < -0.4 is 0 Å². The van der Waals surface area contributed by atoms with Gasteiger partial charge in [-0.05, 0) is 11.8 Å². The minimum Gasteiger partial charge on any atom is -0.0654 e. The zero-order valence-corrected chi connectivity index (χ0v) is 24.2. The highest BCUT2D eigenvalue weighted by atomic mass is 14.1. The molecule has 0 amide bonds. The average Bonchev–Trinajstić information content (AvgIpc) is 2.81. The van der Waals surface area contributed by atoms with Crippen LogP contribution in [0.5, 0.6) is 0 Å². The Balaban J connectivity index is 3.23. The lowest BCUT2D eigenvalue weighted by Gasteiger charge is -2.12. The quantitative estimate of drug-likeness (QED) is 0.101. The molecule has 0 rings (SSSR count). The van der Waals surface area contributed by atoms with Crippen molar-refractivity contribution in [1.29, 1.82) is 0 Å². The van der Waals surface area contributed by atoms with Gasteiger partial charge < -0.3 is 0 Å². The Kier molecular flexibility index (Phi) is 28.2. The highest BCUT2D eigenvalue weighted by Crippen LogP contribution is 2.21. The molecule has 0 saturated carbocycles. The average molecular weight is 465 g/mol. The van der Waals surface area contributed by atoms with Crippen LogP contribution in [0.4, 0.5) is 0 Å². The lowest BCUT2D eigenvalue weighted by Crippen LogP contribution is -1.96. The number of unbranched alkanes of at least 4 members (excludes halogenated alkanes) is 20. The van der Waals surface area contributed by atoms with Gasteiger partial charge in [0.2, 0.25) is 0 Å². The van der Waals surface area contributed by atoms with Gasteiger partial charge in [0.1, 0.15) is 0 Å². The number of hydrogen-bond donors (Lipinski definition) is 0. The van der Waals surface area contributed by atoms with Crippen LogP contribution in [0.15, 0.2) is 0 Å². The van der Waals surface area contributed by atoms with Crippen LogP contribution in [0.3, 0.4) is 0 Å². The Morgan fingerprint density at radius 1 is 0.273 bits per heavy atom. The van der Waals surface area contributed by atoms with Crippen LogP contribution in [0, 0.1) is 11.8 Å². The number of rotatable bonds is 28. The van der Waals surface area contributed by atoms with E-state index in [4.69, 9.17) is 0 Å². The zero-order chi connectivity index (χ0) is 24.2. The minimum absolute atomic E-state index is 0.963. The topological polar surface area (TPSA) is 0 Å². The largest absolute Gasteiger partial charge is 0.0654 e. The lowest BCUT2D eigenvalue weighted by molar-refractivity contribution is 0.416. The second-order valence-electron chi connectivity index (χ2n) is 11.8. The normalized spacial score (nSPS) is 13.5. The summed E-state index contributed by atoms with van der Waals surface area (Å²) in [5.41, 5.74) is 0. The molecule has 0 radical (unpaired) electrons. The summed E-state index contributed by atoms with van der Waals surface area (Å²) in [7, 11) is 0. The van der Waals surface area contributed by atoms with Gasteiger partial charge in [0.05, 0.1) is 0 Å². The summed E-state index contributed by atoms with van der Waals surface area (Å²) in [6.07, 6.45) is 39.6. The summed E-state index contributed by atoms with van der Waals surface area (Å²) in [4.78, 5) is 0. The smallest absolute Gasteiger partial charge is 0.0443 e. The second-order valence-corrected chi connectivity index (χ2v) is 11.8. The van der Waals surface area contributed by atoms with E-state index in [-0.39, 0.29) is 0 Å². The summed E-state index contributed by atoms with van der Waals surface area (Å²) < 4.78 is 0. The molecule has 0 nitrogen and oxygen atoms in total. The van der Waals surface area contributed by atoms with Crippen molar-refractivity contribution in [1.82, 2.24) is 0 Å². The molecule has 0 aromatic heterocycles. The van der Waals surface area contributed by atoms with E-state index in [1.54, 1.807) is 0 Å². The van der Waals surface area contributed by atoms with Crippen molar-refractivity contribution in [3.05, 3.63) is 0 Å². The summed E-state index contributed by atoms with van der Waals surface area (Å²) in [6, 6.07) is 0. The highest BCUT2D eigenvalue weighted by Gasteiger charge is 2.04. The van der Waals surface area contributed by atoms with E-state index >= 15 is 0 Å². The monoisotopic (exact) mass is 465 g/mol. The predicted octanol–water partition coefficient (Wildman–Crippen LogP) is 12.8. The van der Waals surface area contributed by atoms with E-state index in [2.05, 4.69) is 27.7 Å². The minimum atomic E-state index is 0.963. The molecule has 0 aromatic carbocycles. The maximum absolute atomic E-state index is 2.50. The van der Waals surface area contributed by atoms with Crippen LogP contribution in [0.25, 0.3) is 0 Å². The molecule has 200 valence electrons. The Morgan fingerprint density at radius 2 is 0.455 bits per heavy atom. The molecule has 0 bridgehead atoms. The summed E-state index contributed by atoms with van der Waals surface area (Å²) in [5.74, 6) is 1.93. The highest BCUT2D eigenvalue weighted by molar-refractivity contribution is 4.58. The molecule has 0 aromatic rings. The van der Waals surface area contributed by atoms with E-state index in [1.165, 1.54) is 173 Å². The van der Waals surface area contributed by atoms with E-state index in [9.17, 15) is 0 Å². The van der Waals surface area contributed by atoms with E-state index in [1.807, 2.05) is 0 Å². The van der Waals surface area contributed by atoms with E-state index < -0.39 is 0 Å². The van der Waals surface area contributed by atoms with Crippen LogP contribution in [-0.2, 0) is 0 Å². The fourth-order valence-corrected chi connectivity index (χ4v) is 5.41. The molecule has 0 aliphatic heterocycles. The van der Waals surface area contributed by atoms with Gasteiger partial charge >= 0.3 is 0 Å². The Morgan fingerprint density at radius 3 is 0.667 bits per heavy atom. The molecular weight excluding hydrogens is 396 g/mol. The van der Waals surface area contributed by atoms with Crippen LogP contribution in [-0.4, -0.2) is 0 Å². The first-order valence-corrected chi connectivity index (χ1v) is 16.2. The van der Waals surface area contributed by atoms with Crippen LogP contribution in [0.1, 0.15) is 201 Å². The third-order valence-electron chi connectivity index (χ3n) is 7.99. The van der Waals surface area contributed by atoms with Crippen molar-refractivity contribution in [2.24, 2.45) is 11.8 Å². The Bertz CT molecular complexity index is 333. The summed E-state index contributed by atoms with van der Waals surface area (Å²) in [5, 5.41) is 0. The molecule has 0 aliphatic carbocycles. The van der Waals surface area contributed by atoms with Gasteiger partial charge in [-0.3, -0.25) is 0 Å². The van der Waals surface area contributed by atoms with Gasteiger partial charge in [-0.2, -0.15) is 0 Å². The standard InChI is InChI=1S/C33H68/c1-5-7-9-11-13-14-15-16-17-18-21-25-29-33(4)31-27-23-19-22-26-30-32(3)28-24-20-12-10-8-6-2/h32-33H,5-31H2,1-4H3. The zero-order valence-electron chi connectivity index (χ0n) is 24.2. The first-order valence-electron chi connectivity index (χ1n) is 16.2. The summed E-state index contributed by atoms with van der Waals surface area (Å²) >= 11 is 0. The SMILES string of the molecule is CCCCCCCCCCCCCCC(C)CCCCCCCC(C)CCCCCCCC. The van der Waals surface area contributed by atoms with Gasteiger partial charge in [-0.1, -0.05) is 201 Å². The first-order chi connectivity index (χ1) is 16.2. The van der Waals surface area contributed by atoms with Gasteiger partial charge in [-0.25, -0.2) is 0 Å². The van der Waals surface area contributed by atoms with Crippen molar-refractivity contribution in [3.8, 4) is 0 Å². The Labute approximate surface area is 212 Å². The lowest BCUT2D eigenvalue weighted by atomic mass is 9.94. The maximum atomic E-state index is 2.50. The van der Waals surface area contributed by atoms with Crippen molar-refractivity contribution in [2.45, 2.75) is 201 Å². The molecule has 0 N–H and O–H groups in total. The van der Waals surface area contributed by atoms with Gasteiger partial charge in [0, 0.05) is 0 Å². The van der Waals surface area contributed by atoms with Gasteiger partial charge in [-0.15, -0.1) is 0 Å². The van der Waals surface area contributed by atoms with Crippen LogP contribution >= 0.6 is 0 Å². The number of hydrogen-bond acceptors (Lipinski definition) is 0. The van der Waals surface area contributed by atoms with Gasteiger partial charge in [0.15, 0.2) is 0 Å². The van der Waals surface area contributed by atoms with Gasteiger partial charge in [0.25, 0.3) is 0 Å². The van der Waals surface area contributed by atoms with Crippen molar-refractivity contribution in [2.75, 3.05) is 0 Å². The molecule has 2 atom stereocenters. The molecule has 2 unspecified atom stereocenters. The van der Waals surface area contributed by atoms with Crippen molar-refractivity contribution in [3.63, 3.8) is 0 Å². The Hall–Kier alpha value is 0. The molecule has 0 saturated heterocycles. The molecule has 0 heteroatoms. The summed E-state index contributed by atoms with van der Waals surface area (Å²) in [6.45, 7) is 9.61. The van der Waals surface area contributed by atoms with Crippen molar-refractivity contribution >= 4 is 0 Å². The second kappa shape index (κ2) is 28.2. The fourth-order valence-electron chi connectivity index (χ4n) is 5.41. The molecule has 0 fully saturated rings. The third kappa shape index (κ3) is 28.1. The van der Waals surface area contributed by atoms with E-state index in [0.29, 0.717) is 0 Å². The molecule has 0 spiro atoms. The molecule has 33 heavy (non-hydrogen) atoms. The molecule has 0 heterocycles. The third-order valence-corrected chi connectivity index (χ3v) is 7.99. The van der Waals surface area contributed by atoms with Crippen molar-refractivity contribution < 1.29 is 0 Å². The fraction of sp³-hybridized carbons (Fsp3) is 1.00. The predicted molar refractivity (Wildman–Crippen MR) is 154 cm³/mol. The maximum Gasteiger partial charge on any atom is -0.0443 e. The van der Waals surface area contributed by atoms with E-state index in [0.717, 1.165) is 11.8 Å². The first kappa shape index (κ1) is 33.0. The molecule has 0 aliphatic rings.